The van der Waals surface area contributed by atoms with Crippen molar-refractivity contribution < 1.29 is 19.1 Å². The molecule has 178 valence electrons. The average molecular weight is 499 g/mol. The van der Waals surface area contributed by atoms with E-state index in [0.29, 0.717) is 31.4 Å². The number of ether oxygens (including phenoxy) is 2. The zero-order valence-electron chi connectivity index (χ0n) is 19.1. The molecule has 1 atom stereocenters. The highest BCUT2D eigenvalue weighted by Crippen LogP contribution is 2.35. The maximum absolute atomic E-state index is 13.2. The lowest BCUT2D eigenvalue weighted by atomic mass is 9.84. The summed E-state index contributed by atoms with van der Waals surface area (Å²) in [6, 6.07) is 17.0. The fourth-order valence-electron chi connectivity index (χ4n) is 3.90. The minimum Gasteiger partial charge on any atom is -0.465 e. The number of rotatable bonds is 4. The van der Waals surface area contributed by atoms with Crippen LogP contribution < -0.4 is 20.5 Å². The van der Waals surface area contributed by atoms with Gasteiger partial charge in [0, 0.05) is 0 Å². The number of nitriles is 2. The van der Waals surface area contributed by atoms with Crippen LogP contribution in [0.1, 0.15) is 37.8 Å². The van der Waals surface area contributed by atoms with Gasteiger partial charge in [-0.15, -0.1) is 11.3 Å². The Labute approximate surface area is 208 Å². The average Bonchev–Trinajstić information content (AvgIpc) is 3.23. The maximum Gasteiger partial charge on any atom is 0.337 e. The van der Waals surface area contributed by atoms with E-state index in [-0.39, 0.29) is 17.0 Å². The highest BCUT2D eigenvalue weighted by atomic mass is 32.1. The van der Waals surface area contributed by atoms with Crippen molar-refractivity contribution in [2.45, 2.75) is 5.92 Å². The summed E-state index contributed by atoms with van der Waals surface area (Å²) >= 11 is 1.08. The number of carbonyl (C=O) groups is 2. The molecule has 0 amide bonds. The van der Waals surface area contributed by atoms with Gasteiger partial charge >= 0.3 is 11.9 Å². The lowest BCUT2D eigenvalue weighted by Gasteiger charge is -2.22. The Morgan fingerprint density at radius 1 is 0.944 bits per heavy atom. The van der Waals surface area contributed by atoms with Crippen molar-refractivity contribution in [3.8, 4) is 12.1 Å². The number of benzene rings is 2. The number of hydrogen-bond donors (Lipinski definition) is 1. The molecule has 0 saturated heterocycles. The summed E-state index contributed by atoms with van der Waals surface area (Å²) in [6.45, 7) is 0. The van der Waals surface area contributed by atoms with E-state index in [2.05, 4.69) is 6.07 Å². The molecule has 0 radical (unpaired) electrons. The quantitative estimate of drug-likeness (QED) is 0.531. The summed E-state index contributed by atoms with van der Waals surface area (Å²) < 4.78 is 11.2. The zero-order valence-corrected chi connectivity index (χ0v) is 20.0. The summed E-state index contributed by atoms with van der Waals surface area (Å²) in [5.41, 5.74) is 7.95. The summed E-state index contributed by atoms with van der Waals surface area (Å²) in [5, 5.41) is 19.9. The Morgan fingerprint density at radius 3 is 1.97 bits per heavy atom. The summed E-state index contributed by atoms with van der Waals surface area (Å²) in [5.74, 6) is -1.86. The first-order chi connectivity index (χ1) is 17.3. The van der Waals surface area contributed by atoms with E-state index in [1.165, 1.54) is 30.9 Å². The van der Waals surface area contributed by atoms with E-state index >= 15 is 0 Å². The zero-order chi connectivity index (χ0) is 26.0. The van der Waals surface area contributed by atoms with E-state index in [4.69, 9.17) is 15.2 Å². The molecule has 3 aromatic rings. The predicted molar refractivity (Wildman–Crippen MR) is 132 cm³/mol. The smallest absolute Gasteiger partial charge is 0.337 e. The van der Waals surface area contributed by atoms with Gasteiger partial charge in [-0.3, -0.25) is 9.36 Å². The minimum absolute atomic E-state index is 0.0544. The van der Waals surface area contributed by atoms with Crippen LogP contribution in [-0.2, 0) is 9.47 Å². The summed E-state index contributed by atoms with van der Waals surface area (Å²) in [7, 11) is 2.56. The monoisotopic (exact) mass is 498 g/mol. The number of hydrogen-bond acceptors (Lipinski definition) is 9. The van der Waals surface area contributed by atoms with Gasteiger partial charge in [0.2, 0.25) is 0 Å². The van der Waals surface area contributed by atoms with Crippen LogP contribution in [0.3, 0.4) is 0 Å². The first-order valence-electron chi connectivity index (χ1n) is 10.5. The molecule has 1 aliphatic rings. The van der Waals surface area contributed by atoms with Gasteiger partial charge in [0.05, 0.1) is 59.1 Å². The first-order valence-corrected chi connectivity index (χ1v) is 11.3. The molecule has 10 heteroatoms. The fourth-order valence-corrected chi connectivity index (χ4v) is 5.03. The molecular formula is C26H18N4O5S. The highest BCUT2D eigenvalue weighted by molar-refractivity contribution is 7.07. The van der Waals surface area contributed by atoms with Crippen molar-refractivity contribution in [1.29, 1.82) is 10.5 Å². The van der Waals surface area contributed by atoms with Crippen LogP contribution in [0.4, 0.5) is 0 Å². The Morgan fingerprint density at radius 2 is 1.47 bits per heavy atom. The van der Waals surface area contributed by atoms with Crippen LogP contribution in [0, 0.1) is 22.7 Å². The second-order valence-electron chi connectivity index (χ2n) is 7.65. The Balaban J connectivity index is 1.90. The van der Waals surface area contributed by atoms with E-state index in [0.717, 1.165) is 11.3 Å². The number of thiazole rings is 1. The third-order valence-electron chi connectivity index (χ3n) is 5.68. The van der Waals surface area contributed by atoms with Gasteiger partial charge in [0.15, 0.2) is 0 Å². The molecule has 9 nitrogen and oxygen atoms in total. The molecule has 0 fully saturated rings. The molecule has 0 bridgehead atoms. The first kappa shape index (κ1) is 24.2. The highest BCUT2D eigenvalue weighted by Gasteiger charge is 2.32. The van der Waals surface area contributed by atoms with Crippen LogP contribution in [0.25, 0.3) is 17.5 Å². The number of fused-ring (bicyclic) bond motifs is 1. The van der Waals surface area contributed by atoms with Gasteiger partial charge in [0.25, 0.3) is 5.56 Å². The van der Waals surface area contributed by atoms with Crippen LogP contribution in [-0.4, -0.2) is 30.7 Å². The third kappa shape index (κ3) is 4.06. The number of esters is 2. The lowest BCUT2D eigenvalue weighted by molar-refractivity contribution is 0.0592. The van der Waals surface area contributed by atoms with Gasteiger partial charge < -0.3 is 15.2 Å². The molecule has 0 aliphatic carbocycles. The number of allylic oxidation sites excluding steroid dienone is 1. The van der Waals surface area contributed by atoms with Gasteiger partial charge in [0.1, 0.15) is 10.5 Å². The molecule has 2 heterocycles. The van der Waals surface area contributed by atoms with Gasteiger partial charge in [-0.05, 0) is 41.5 Å². The maximum atomic E-state index is 13.2. The van der Waals surface area contributed by atoms with E-state index < -0.39 is 23.4 Å². The third-order valence-corrected chi connectivity index (χ3v) is 6.79. The minimum atomic E-state index is -0.808. The molecule has 0 spiro atoms. The number of nitrogens with two attached hydrogens (primary N) is 1. The second-order valence-corrected chi connectivity index (χ2v) is 8.68. The molecule has 1 aliphatic heterocycles. The summed E-state index contributed by atoms with van der Waals surface area (Å²) in [4.78, 5) is 36.7. The molecule has 1 unspecified atom stereocenters. The number of nitrogens with zero attached hydrogens (tertiary/aromatic N) is 3. The van der Waals surface area contributed by atoms with E-state index in [9.17, 15) is 24.9 Å². The van der Waals surface area contributed by atoms with Gasteiger partial charge in [-0.2, -0.15) is 10.5 Å². The van der Waals surface area contributed by atoms with Crippen molar-refractivity contribution in [2.24, 2.45) is 5.73 Å². The Hall–Kier alpha value is -4.93. The van der Waals surface area contributed by atoms with Crippen molar-refractivity contribution >= 4 is 40.7 Å². The largest absolute Gasteiger partial charge is 0.465 e. The molecule has 4 rings (SSSR count). The van der Waals surface area contributed by atoms with Crippen LogP contribution in [0.15, 0.2) is 58.9 Å². The standard InChI is InChI=1S/C26H18N4O5S/c1-34-25(32)16-5-3-14(4-6-16)11-20-23(31)30-22(29)18(12-27)21(19(13-28)24(30)36-20)15-7-9-17(10-8-15)26(33)35-2/h3-11,21H,29H2,1-2H3/b20-11-. The van der Waals surface area contributed by atoms with E-state index in [1.807, 2.05) is 6.07 Å². The number of carbonyl (C=O) groups excluding carboxylic acids is 2. The van der Waals surface area contributed by atoms with Crippen molar-refractivity contribution in [1.82, 2.24) is 4.57 Å². The van der Waals surface area contributed by atoms with Crippen molar-refractivity contribution in [3.63, 3.8) is 0 Å². The van der Waals surface area contributed by atoms with Crippen LogP contribution in [0.2, 0.25) is 0 Å². The molecule has 2 N–H and O–H groups in total. The second kappa shape index (κ2) is 9.74. The molecule has 2 aromatic carbocycles. The molecule has 1 aromatic heterocycles. The molecular weight excluding hydrogens is 480 g/mol. The number of methoxy groups -OCH3 is 2. The SMILES string of the molecule is COC(=O)c1ccc(/C=c2\sc3n(c2=O)C(N)=C(C#N)C(c2ccc(C(=O)OC)cc2)C=3C#N)cc1. The van der Waals surface area contributed by atoms with Crippen LogP contribution >= 0.6 is 11.3 Å². The Bertz CT molecular complexity index is 1680. The molecule has 36 heavy (non-hydrogen) atoms. The lowest BCUT2D eigenvalue weighted by Crippen LogP contribution is -2.38. The molecule has 0 saturated carbocycles. The predicted octanol–water partition coefficient (Wildman–Crippen LogP) is 1.43. The van der Waals surface area contributed by atoms with Gasteiger partial charge in [-0.1, -0.05) is 24.3 Å². The van der Waals surface area contributed by atoms with Gasteiger partial charge in [-0.25, -0.2) is 9.59 Å². The van der Waals surface area contributed by atoms with Crippen molar-refractivity contribution in [2.75, 3.05) is 14.2 Å². The Kier molecular flexibility index (Phi) is 6.55. The topological polar surface area (TPSA) is 148 Å². The van der Waals surface area contributed by atoms with Crippen molar-refractivity contribution in [3.05, 3.63) is 95.9 Å². The fraction of sp³-hybridized carbons (Fsp3) is 0.115. The summed E-state index contributed by atoms with van der Waals surface area (Å²) in [6.07, 6.45) is 1.62. The van der Waals surface area contributed by atoms with Crippen LogP contribution in [0.5, 0.6) is 0 Å². The number of aromatic nitrogens is 1. The van der Waals surface area contributed by atoms with E-state index in [1.54, 1.807) is 42.5 Å². The normalized spacial score (nSPS) is 15.1.